The number of rotatable bonds is 4. The van der Waals surface area contributed by atoms with Gasteiger partial charge in [0.2, 0.25) is 0 Å². The topological polar surface area (TPSA) is 40.5 Å². The average Bonchev–Trinajstić information content (AvgIpc) is 2.91. The lowest BCUT2D eigenvalue weighted by Gasteiger charge is -2.42. The molecule has 5 heteroatoms. The predicted molar refractivity (Wildman–Crippen MR) is 81.4 cm³/mol. The van der Waals surface area contributed by atoms with Gasteiger partial charge in [-0.15, -0.1) is 11.3 Å². The Morgan fingerprint density at radius 3 is 2.65 bits per heavy atom. The number of carboxylic acid groups (broad SMARTS) is 1. The van der Waals surface area contributed by atoms with Crippen molar-refractivity contribution in [1.82, 2.24) is 4.90 Å². The van der Waals surface area contributed by atoms with Crippen LogP contribution in [-0.4, -0.2) is 28.1 Å². The first kappa shape index (κ1) is 14.4. The Labute approximate surface area is 128 Å². The molecule has 3 unspecified atom stereocenters. The Morgan fingerprint density at radius 1 is 1.50 bits per heavy atom. The SMILES string of the molecule is CC(c1csc(Cl)c1)N1C2CCC1CC(CC(=O)O)C2. The summed E-state index contributed by atoms with van der Waals surface area (Å²) in [4.78, 5) is 13.5. The number of carboxylic acids is 1. The molecule has 110 valence electrons. The van der Waals surface area contributed by atoms with Crippen molar-refractivity contribution in [3.63, 3.8) is 0 Å². The fourth-order valence-corrected chi connectivity index (χ4v) is 5.06. The van der Waals surface area contributed by atoms with Gasteiger partial charge in [-0.05, 0) is 55.5 Å². The molecule has 3 nitrogen and oxygen atoms in total. The molecule has 0 spiro atoms. The summed E-state index contributed by atoms with van der Waals surface area (Å²) in [7, 11) is 0. The zero-order valence-electron chi connectivity index (χ0n) is 11.6. The maximum Gasteiger partial charge on any atom is 0.303 e. The van der Waals surface area contributed by atoms with Crippen LogP contribution in [0.1, 0.15) is 50.6 Å². The van der Waals surface area contributed by atoms with E-state index in [1.165, 1.54) is 18.4 Å². The van der Waals surface area contributed by atoms with E-state index in [-0.39, 0.29) is 0 Å². The minimum Gasteiger partial charge on any atom is -0.481 e. The van der Waals surface area contributed by atoms with Gasteiger partial charge in [0.25, 0.3) is 0 Å². The first-order valence-corrected chi connectivity index (χ1v) is 8.53. The van der Waals surface area contributed by atoms with Crippen molar-refractivity contribution in [3.05, 3.63) is 21.3 Å². The molecule has 1 aromatic rings. The summed E-state index contributed by atoms with van der Waals surface area (Å²) in [6, 6.07) is 3.56. The maximum absolute atomic E-state index is 10.9. The van der Waals surface area contributed by atoms with Gasteiger partial charge in [0.05, 0.1) is 4.34 Å². The van der Waals surface area contributed by atoms with E-state index in [0.717, 1.165) is 17.2 Å². The van der Waals surface area contributed by atoms with Gasteiger partial charge in [-0.25, -0.2) is 0 Å². The molecule has 2 bridgehead atoms. The summed E-state index contributed by atoms with van der Waals surface area (Å²) < 4.78 is 0.847. The number of hydrogen-bond donors (Lipinski definition) is 1. The monoisotopic (exact) mass is 313 g/mol. The van der Waals surface area contributed by atoms with Crippen LogP contribution in [0.25, 0.3) is 0 Å². The molecule has 3 heterocycles. The molecule has 1 aromatic heterocycles. The van der Waals surface area contributed by atoms with Gasteiger partial charge in [0, 0.05) is 24.5 Å². The van der Waals surface area contributed by atoms with Crippen LogP contribution in [0.15, 0.2) is 11.4 Å². The summed E-state index contributed by atoms with van der Waals surface area (Å²) in [6.07, 6.45) is 4.82. The van der Waals surface area contributed by atoms with Gasteiger partial charge < -0.3 is 5.11 Å². The molecule has 0 amide bonds. The zero-order chi connectivity index (χ0) is 14.3. The lowest BCUT2D eigenvalue weighted by Crippen LogP contribution is -2.44. The normalized spacial score (nSPS) is 31.4. The van der Waals surface area contributed by atoms with Gasteiger partial charge in [-0.3, -0.25) is 9.69 Å². The average molecular weight is 314 g/mol. The number of hydrogen-bond acceptors (Lipinski definition) is 3. The second-order valence-corrected chi connectivity index (χ2v) is 7.67. The van der Waals surface area contributed by atoms with Crippen LogP contribution in [0.2, 0.25) is 4.34 Å². The van der Waals surface area contributed by atoms with Gasteiger partial charge in [-0.2, -0.15) is 0 Å². The number of thiophene rings is 1. The number of halogens is 1. The number of fused-ring (bicyclic) bond motifs is 2. The highest BCUT2D eigenvalue weighted by Gasteiger charge is 2.43. The van der Waals surface area contributed by atoms with Crippen LogP contribution in [0, 0.1) is 5.92 Å². The van der Waals surface area contributed by atoms with Crippen LogP contribution in [0.3, 0.4) is 0 Å². The van der Waals surface area contributed by atoms with E-state index in [1.807, 2.05) is 0 Å². The molecule has 0 saturated carbocycles. The van der Waals surface area contributed by atoms with E-state index in [2.05, 4.69) is 23.3 Å². The van der Waals surface area contributed by atoms with Crippen molar-refractivity contribution in [2.75, 3.05) is 0 Å². The van der Waals surface area contributed by atoms with E-state index in [9.17, 15) is 4.79 Å². The third-order valence-corrected chi connectivity index (χ3v) is 5.98. The fourth-order valence-electron chi connectivity index (χ4n) is 4.09. The van der Waals surface area contributed by atoms with Gasteiger partial charge >= 0.3 is 5.97 Å². The largest absolute Gasteiger partial charge is 0.481 e. The minimum absolute atomic E-state index is 0.333. The van der Waals surface area contributed by atoms with E-state index in [1.54, 1.807) is 11.3 Å². The Kier molecular flexibility index (Phi) is 4.07. The van der Waals surface area contributed by atoms with Crippen molar-refractivity contribution >= 4 is 28.9 Å². The molecule has 0 aliphatic carbocycles. The first-order valence-electron chi connectivity index (χ1n) is 7.27. The molecule has 2 fully saturated rings. The summed E-state index contributed by atoms with van der Waals surface area (Å²) in [5.41, 5.74) is 1.30. The van der Waals surface area contributed by atoms with Crippen molar-refractivity contribution in [2.45, 2.75) is 57.2 Å². The number of piperidine rings is 1. The standard InChI is InChI=1S/C15H20ClNO2S/c1-9(11-7-14(16)20-8-11)17-12-2-3-13(17)5-10(4-12)6-15(18)19/h7-10,12-13H,2-6H2,1H3,(H,18,19). The van der Waals surface area contributed by atoms with E-state index >= 15 is 0 Å². The highest BCUT2D eigenvalue weighted by Crippen LogP contribution is 2.45. The summed E-state index contributed by atoms with van der Waals surface area (Å²) in [5.74, 6) is -0.292. The third kappa shape index (κ3) is 2.74. The number of carbonyl (C=O) groups is 1. The lowest BCUT2D eigenvalue weighted by atomic mass is 9.87. The molecular formula is C15H20ClNO2S. The molecule has 2 aliphatic rings. The van der Waals surface area contributed by atoms with Crippen LogP contribution in [-0.2, 0) is 4.79 Å². The summed E-state index contributed by atoms with van der Waals surface area (Å²) in [6.45, 7) is 2.25. The maximum atomic E-state index is 10.9. The minimum atomic E-state index is -0.652. The molecular weight excluding hydrogens is 294 g/mol. The van der Waals surface area contributed by atoms with Gasteiger partial charge in [-0.1, -0.05) is 11.6 Å². The number of aliphatic carboxylic acids is 1. The molecule has 0 aromatic carbocycles. The van der Waals surface area contributed by atoms with Crippen LogP contribution in [0.5, 0.6) is 0 Å². The van der Waals surface area contributed by atoms with Crippen molar-refractivity contribution in [1.29, 1.82) is 0 Å². The molecule has 3 rings (SSSR count). The second-order valence-electron chi connectivity index (χ2n) is 6.13. The summed E-state index contributed by atoms with van der Waals surface area (Å²) >= 11 is 7.64. The van der Waals surface area contributed by atoms with Crippen LogP contribution < -0.4 is 0 Å². The van der Waals surface area contributed by atoms with E-state index in [4.69, 9.17) is 16.7 Å². The first-order chi connectivity index (χ1) is 9.54. The Hall–Kier alpha value is -0.580. The van der Waals surface area contributed by atoms with E-state index < -0.39 is 5.97 Å². The third-order valence-electron chi connectivity index (χ3n) is 4.87. The quantitative estimate of drug-likeness (QED) is 0.906. The second kappa shape index (κ2) is 5.66. The van der Waals surface area contributed by atoms with Crippen molar-refractivity contribution in [2.24, 2.45) is 5.92 Å². The molecule has 3 atom stereocenters. The van der Waals surface area contributed by atoms with Crippen LogP contribution >= 0.6 is 22.9 Å². The lowest BCUT2D eigenvalue weighted by molar-refractivity contribution is -0.138. The Bertz CT molecular complexity index is 490. The Morgan fingerprint density at radius 2 is 2.15 bits per heavy atom. The molecule has 20 heavy (non-hydrogen) atoms. The molecule has 1 N–H and O–H groups in total. The smallest absolute Gasteiger partial charge is 0.303 e. The number of nitrogens with zero attached hydrogens (tertiary/aromatic N) is 1. The molecule has 0 radical (unpaired) electrons. The molecule has 2 aliphatic heterocycles. The van der Waals surface area contributed by atoms with Gasteiger partial charge in [0.15, 0.2) is 0 Å². The van der Waals surface area contributed by atoms with Crippen LogP contribution in [0.4, 0.5) is 0 Å². The highest BCUT2D eigenvalue weighted by molar-refractivity contribution is 7.14. The summed E-state index contributed by atoms with van der Waals surface area (Å²) in [5, 5.41) is 11.1. The zero-order valence-corrected chi connectivity index (χ0v) is 13.2. The van der Waals surface area contributed by atoms with Gasteiger partial charge in [0.1, 0.15) is 0 Å². The predicted octanol–water partition coefficient (Wildman–Crippen LogP) is 4.18. The highest BCUT2D eigenvalue weighted by atomic mass is 35.5. The van der Waals surface area contributed by atoms with Crippen molar-refractivity contribution in [3.8, 4) is 0 Å². The molecule has 2 saturated heterocycles. The Balaban J connectivity index is 1.72. The van der Waals surface area contributed by atoms with E-state index in [0.29, 0.717) is 30.5 Å². The van der Waals surface area contributed by atoms with Crippen molar-refractivity contribution < 1.29 is 9.90 Å². The fraction of sp³-hybridized carbons (Fsp3) is 0.667.